The van der Waals surface area contributed by atoms with E-state index in [2.05, 4.69) is 113 Å². The van der Waals surface area contributed by atoms with Gasteiger partial charge >= 0.3 is 74.8 Å². The Balaban J connectivity index is 0.000000554. The molecule has 2 aliphatic carbocycles. The zero-order valence-electron chi connectivity index (χ0n) is 47.7. The minimum absolute atomic E-state index is 0. The van der Waals surface area contributed by atoms with Crippen LogP contribution in [0.5, 0.6) is 18.0 Å². The maximum Gasteiger partial charge on any atom is 2.00 e. The number of terminal acetylenes is 2. The van der Waals surface area contributed by atoms with Gasteiger partial charge in [0, 0.05) is 84.4 Å². The van der Waals surface area contributed by atoms with Gasteiger partial charge in [0.25, 0.3) is 5.91 Å². The van der Waals surface area contributed by atoms with E-state index in [0.717, 1.165) is 12.8 Å². The first-order chi connectivity index (χ1) is 40.8. The molecule has 0 aromatic carbocycles. The Bertz CT molecular complexity index is 3830. The van der Waals surface area contributed by atoms with E-state index in [1.807, 2.05) is 22.6 Å². The number of hydrogen-bond donors (Lipinski definition) is 4. The van der Waals surface area contributed by atoms with E-state index in [1.54, 1.807) is 114 Å². The number of rotatable bonds is 12. The van der Waals surface area contributed by atoms with Crippen molar-refractivity contribution in [2.24, 2.45) is 5.73 Å². The Morgan fingerprint density at radius 3 is 1.42 bits per heavy atom. The molecule has 2 aliphatic rings. The molecule has 9 aromatic heterocycles. The van der Waals surface area contributed by atoms with Crippen LogP contribution in [0.15, 0.2) is 92.2 Å². The van der Waals surface area contributed by atoms with Crippen LogP contribution in [-0.4, -0.2) is 193 Å². The van der Waals surface area contributed by atoms with Crippen molar-refractivity contribution in [1.82, 2.24) is 79.0 Å². The largest absolute Gasteiger partial charge is 2.00 e. The number of fused-ring (bicyclic) bond motifs is 3. The van der Waals surface area contributed by atoms with Gasteiger partial charge in [-0.3, -0.25) is 4.79 Å². The maximum atomic E-state index is 12.5. The van der Waals surface area contributed by atoms with Crippen LogP contribution in [0.2, 0.25) is 0 Å². The first-order valence-electron chi connectivity index (χ1n) is 25.0. The summed E-state index contributed by atoms with van der Waals surface area (Å²) < 4.78 is 30.0. The van der Waals surface area contributed by atoms with Crippen molar-refractivity contribution in [3.8, 4) is 89.4 Å². The van der Waals surface area contributed by atoms with Crippen molar-refractivity contribution < 1.29 is 72.9 Å². The molecule has 5 N–H and O–H groups in total. The molecule has 0 bridgehead atoms. The van der Waals surface area contributed by atoms with Crippen LogP contribution < -0.4 is 55.5 Å². The molecule has 0 spiro atoms. The summed E-state index contributed by atoms with van der Waals surface area (Å²) >= 11 is 2.03. The zero-order valence-corrected chi connectivity index (χ0v) is 53.5. The predicted molar refractivity (Wildman–Crippen MR) is 327 cm³/mol. The van der Waals surface area contributed by atoms with Crippen molar-refractivity contribution in [2.75, 3.05) is 34.5 Å². The molecule has 32 heteroatoms. The molecule has 9 heterocycles. The Kier molecular flexibility index (Phi) is 36.1. The van der Waals surface area contributed by atoms with E-state index in [4.69, 9.17) is 41.2 Å². The molecule has 9 aromatic rings. The molecule has 0 aliphatic heterocycles. The van der Waals surface area contributed by atoms with Gasteiger partial charge < -0.3 is 69.6 Å². The van der Waals surface area contributed by atoms with Gasteiger partial charge in [-0.2, -0.15) is 15.3 Å². The summed E-state index contributed by atoms with van der Waals surface area (Å²) in [4.78, 5) is 72.6. The second-order valence-corrected chi connectivity index (χ2v) is 17.4. The number of amides is 1. The predicted octanol–water partition coefficient (Wildman–Crippen LogP) is -2.60. The van der Waals surface area contributed by atoms with Crippen LogP contribution >= 0.6 is 22.6 Å². The van der Waals surface area contributed by atoms with Crippen molar-refractivity contribution in [2.45, 2.75) is 66.0 Å². The number of carbonyl (C=O) groups is 3. The molecule has 0 radical (unpaired) electrons. The van der Waals surface area contributed by atoms with Crippen LogP contribution in [0, 0.1) is 52.6 Å². The summed E-state index contributed by atoms with van der Waals surface area (Å²) in [5, 5.41) is 32.8. The normalized spacial score (nSPS) is 10.8. The smallest absolute Gasteiger partial charge is 1.00 e. The van der Waals surface area contributed by atoms with E-state index in [9.17, 15) is 14.4 Å². The number of nitrogens with one attached hydrogen (secondary N) is 1. The van der Waals surface area contributed by atoms with E-state index in [-0.39, 0.29) is 118 Å². The van der Waals surface area contributed by atoms with Gasteiger partial charge in [-0.05, 0) is 129 Å². The van der Waals surface area contributed by atoms with Crippen LogP contribution in [0.1, 0.15) is 85.3 Å². The van der Waals surface area contributed by atoms with E-state index < -0.39 is 19.1 Å². The average molecular weight is 1380 g/mol. The fourth-order valence-corrected chi connectivity index (χ4v) is 7.06. The summed E-state index contributed by atoms with van der Waals surface area (Å²) in [5.41, 5.74) is 10.4. The SMILES string of the molecule is C.C#C.C#CC#CC#CC.CCOC(=O)c1nc2cccnn2c1-c1cnc(OC)nc1.CCOC(=O)c1nc2cccnn2c1I.COc1ncc(-c2c(C(=O)NC3CC3)nc3cccnn23)cn1.COc1ncc(B(O)O)cn1.NC1CC1.[Ca+2].[Cl-].[Cl-]. The van der Waals surface area contributed by atoms with Gasteiger partial charge in [0.15, 0.2) is 34.0 Å². The number of carbonyl (C=O) groups excluding carboxylic acids is 3. The van der Waals surface area contributed by atoms with Gasteiger partial charge in [-0.25, -0.2) is 68.0 Å². The van der Waals surface area contributed by atoms with Crippen molar-refractivity contribution >= 4 is 108 Å². The molecular weight excluding hydrogens is 1320 g/mol. The van der Waals surface area contributed by atoms with Gasteiger partial charge in [0.05, 0.1) is 34.5 Å². The summed E-state index contributed by atoms with van der Waals surface area (Å²) in [7, 11) is 2.89. The average Bonchev–Trinajstić information content (AvgIpc) is 1.91. The fourth-order valence-electron chi connectivity index (χ4n) is 6.35. The number of nitrogens with zero attached hydrogens (tertiary/aromatic N) is 15. The first kappa shape index (κ1) is 77.7. The monoisotopic (exact) mass is 1380 g/mol. The quantitative estimate of drug-likeness (QED) is 0.0422. The second-order valence-electron chi connectivity index (χ2n) is 16.3. The molecule has 2 fully saturated rings. The molecule has 454 valence electrons. The second kappa shape index (κ2) is 40.9. The molecule has 2 saturated carbocycles. The van der Waals surface area contributed by atoms with Crippen LogP contribution in [-0.2, 0) is 9.47 Å². The number of methoxy groups -OCH3 is 3. The van der Waals surface area contributed by atoms with Crippen molar-refractivity contribution in [1.29, 1.82) is 0 Å². The molecule has 1 amide bonds. The van der Waals surface area contributed by atoms with E-state index >= 15 is 0 Å². The summed E-state index contributed by atoms with van der Waals surface area (Å²) in [5.74, 6) is 10.9. The van der Waals surface area contributed by atoms with Gasteiger partial charge in [0.2, 0.25) is 0 Å². The third kappa shape index (κ3) is 23.1. The van der Waals surface area contributed by atoms with Crippen molar-refractivity contribution in [3.05, 3.63) is 113 Å². The number of halogens is 3. The molecule has 0 saturated heterocycles. The summed E-state index contributed by atoms with van der Waals surface area (Å²) in [6, 6.07) is 12.2. The number of aromatic nitrogens is 15. The summed E-state index contributed by atoms with van der Waals surface area (Å²) in [6.07, 6.45) is 31.1. The number of hydrogen-bond acceptors (Lipinski definition) is 23. The number of imidazole rings is 3. The Labute approximate surface area is 563 Å². The number of esters is 2. The minimum Gasteiger partial charge on any atom is -1.00 e. The fraction of sp³-hybridized carbons (Fsp3) is 0.268. The van der Waals surface area contributed by atoms with Crippen molar-refractivity contribution in [3.63, 3.8) is 0 Å². The Morgan fingerprint density at radius 2 is 1.05 bits per heavy atom. The maximum absolute atomic E-state index is 12.5. The van der Waals surface area contributed by atoms with E-state index in [0.29, 0.717) is 67.2 Å². The van der Waals surface area contributed by atoms with Crippen LogP contribution in [0.4, 0.5) is 0 Å². The Hall–Kier alpha value is -8.34. The minimum atomic E-state index is -1.53. The van der Waals surface area contributed by atoms with Gasteiger partial charge in [-0.1, -0.05) is 13.3 Å². The number of ether oxygens (including phenoxy) is 5. The molecular formula is C56H59BCaCl2IN17O10. The third-order valence-corrected chi connectivity index (χ3v) is 11.4. The Morgan fingerprint density at radius 1 is 0.659 bits per heavy atom. The molecule has 27 nitrogen and oxygen atoms in total. The molecule has 88 heavy (non-hydrogen) atoms. The molecule has 0 atom stereocenters. The zero-order chi connectivity index (χ0) is 61.0. The first-order valence-corrected chi connectivity index (χ1v) is 26.1. The van der Waals surface area contributed by atoms with Crippen LogP contribution in [0.3, 0.4) is 0 Å². The molecule has 0 unspecified atom stereocenters. The summed E-state index contributed by atoms with van der Waals surface area (Å²) in [6.45, 7) is 5.82. The number of nitrogens with two attached hydrogens (primary N) is 1. The van der Waals surface area contributed by atoms with Gasteiger partial charge in [-0.15, -0.1) is 19.3 Å². The topological polar surface area (TPSA) is 344 Å². The third-order valence-electron chi connectivity index (χ3n) is 10.4. The van der Waals surface area contributed by atoms with Crippen LogP contribution in [0.25, 0.3) is 39.5 Å². The molecule has 11 rings (SSSR count). The van der Waals surface area contributed by atoms with Gasteiger partial charge in [0.1, 0.15) is 15.1 Å². The standard InChI is InChI=1S/C15H14N6O2.C14H13N5O3.C9H8IN3O2.C7H4.C5H7BN2O3.C3H7N.C2H2.CH4.Ca.2ClH/c1-23-15-16-7-9(8-17-15)13-12(14(22)19-10-4-5-10)20-11-3-2-6-18-21(11)13;1-3-22-13(20)11-12(9-7-15-14(21-2)16-8-9)19-10(18-11)5-4-6-17-19;1-2-15-9(14)7-8(10)13-6(12-7)4-3-5-11-13;1-3-5-7-6-4-2;1-11-5-7-2-4(3-8-5)6(9)10;4-3-1-2-3;1-2;;;;/h2-3,6-8,10H,4-5H2,1H3,(H,19,22);4-8H,3H2,1-2H3;3-5H,2H2,1H3;1H,2H3;2-3,9-10H,1H3;3H,1-2,4H2;1-2H;1H4;;2*1H/q;;;;;;;;+2;;/p-2. The van der Waals surface area contributed by atoms with E-state index in [1.165, 1.54) is 46.6 Å².